The topological polar surface area (TPSA) is 12.0 Å². The highest BCUT2D eigenvalue weighted by Gasteiger charge is 2.55. The molecule has 1 saturated carbocycles. The standard InChI is InChI=1S/C4H7F2N.ClH/c1-7-3-2-4(3,5)6;/h3,7H,2H2,1H3;1H/t3-;/m0./s1. The molecule has 0 aliphatic heterocycles. The van der Waals surface area contributed by atoms with Crippen LogP contribution in [0.3, 0.4) is 0 Å². The number of halogens is 3. The van der Waals surface area contributed by atoms with Gasteiger partial charge in [0.2, 0.25) is 0 Å². The summed E-state index contributed by atoms with van der Waals surface area (Å²) in [5, 5.41) is 2.48. The van der Waals surface area contributed by atoms with Crippen molar-refractivity contribution in [2.24, 2.45) is 0 Å². The van der Waals surface area contributed by atoms with Crippen molar-refractivity contribution in [1.82, 2.24) is 5.32 Å². The van der Waals surface area contributed by atoms with Gasteiger partial charge in [-0.05, 0) is 7.05 Å². The third-order valence-corrected chi connectivity index (χ3v) is 1.17. The van der Waals surface area contributed by atoms with E-state index in [-0.39, 0.29) is 18.8 Å². The van der Waals surface area contributed by atoms with Crippen LogP contribution in [-0.4, -0.2) is 19.0 Å². The fourth-order valence-corrected chi connectivity index (χ4v) is 0.526. The Hall–Kier alpha value is 0.110. The fourth-order valence-electron chi connectivity index (χ4n) is 0.526. The van der Waals surface area contributed by atoms with Crippen LogP contribution in [0.1, 0.15) is 6.42 Å². The SMILES string of the molecule is CN[C@H]1CC1(F)F.Cl. The molecule has 0 heterocycles. The summed E-state index contributed by atoms with van der Waals surface area (Å²) in [5.41, 5.74) is 0. The molecule has 0 unspecified atom stereocenters. The van der Waals surface area contributed by atoms with Crippen LogP contribution in [-0.2, 0) is 0 Å². The highest BCUT2D eigenvalue weighted by Crippen LogP contribution is 2.41. The third-order valence-electron chi connectivity index (χ3n) is 1.17. The minimum absolute atomic E-state index is 0. The fraction of sp³-hybridized carbons (Fsp3) is 1.00. The summed E-state index contributed by atoms with van der Waals surface area (Å²) in [7, 11) is 1.55. The van der Waals surface area contributed by atoms with Crippen molar-refractivity contribution in [2.75, 3.05) is 7.05 Å². The van der Waals surface area contributed by atoms with Crippen LogP contribution in [0.25, 0.3) is 0 Å². The Morgan fingerprint density at radius 1 is 1.62 bits per heavy atom. The van der Waals surface area contributed by atoms with E-state index in [9.17, 15) is 8.78 Å². The van der Waals surface area contributed by atoms with Crippen molar-refractivity contribution in [3.63, 3.8) is 0 Å². The Balaban J connectivity index is 0.000000490. The zero-order valence-corrected chi connectivity index (χ0v) is 5.27. The van der Waals surface area contributed by atoms with E-state index in [1.54, 1.807) is 7.05 Å². The molecule has 1 N–H and O–H groups in total. The number of rotatable bonds is 1. The van der Waals surface area contributed by atoms with Crippen molar-refractivity contribution in [1.29, 1.82) is 0 Å². The molecule has 1 nitrogen and oxygen atoms in total. The molecule has 50 valence electrons. The molecule has 1 fully saturated rings. The lowest BCUT2D eigenvalue weighted by Crippen LogP contribution is -2.15. The number of hydrogen-bond acceptors (Lipinski definition) is 1. The first kappa shape index (κ1) is 8.11. The summed E-state index contributed by atoms with van der Waals surface area (Å²) >= 11 is 0. The summed E-state index contributed by atoms with van der Waals surface area (Å²) in [6, 6.07) is -0.535. The zero-order valence-electron chi connectivity index (χ0n) is 4.45. The average molecular weight is 144 g/mol. The van der Waals surface area contributed by atoms with Crippen molar-refractivity contribution >= 4 is 12.4 Å². The monoisotopic (exact) mass is 143 g/mol. The van der Waals surface area contributed by atoms with Gasteiger partial charge in [-0.1, -0.05) is 0 Å². The van der Waals surface area contributed by atoms with Crippen molar-refractivity contribution in [3.05, 3.63) is 0 Å². The van der Waals surface area contributed by atoms with E-state index >= 15 is 0 Å². The molecule has 0 aromatic rings. The van der Waals surface area contributed by atoms with E-state index in [1.165, 1.54) is 0 Å². The Bertz CT molecular complexity index is 86.1. The molecule has 0 aromatic carbocycles. The average Bonchev–Trinajstić information content (AvgIpc) is 2.13. The second-order valence-corrected chi connectivity index (χ2v) is 1.81. The van der Waals surface area contributed by atoms with Gasteiger partial charge in [0.15, 0.2) is 0 Å². The van der Waals surface area contributed by atoms with Gasteiger partial charge in [-0.15, -0.1) is 12.4 Å². The maximum atomic E-state index is 11.7. The Morgan fingerprint density at radius 3 is 2.00 bits per heavy atom. The minimum atomic E-state index is -2.39. The van der Waals surface area contributed by atoms with E-state index in [0.29, 0.717) is 0 Å². The second-order valence-electron chi connectivity index (χ2n) is 1.81. The molecule has 0 spiro atoms. The van der Waals surface area contributed by atoms with Gasteiger partial charge in [0.05, 0.1) is 6.04 Å². The molecule has 1 aliphatic rings. The van der Waals surface area contributed by atoms with Crippen LogP contribution in [0.15, 0.2) is 0 Å². The van der Waals surface area contributed by atoms with Crippen LogP contribution in [0.4, 0.5) is 8.78 Å². The van der Waals surface area contributed by atoms with Gasteiger partial charge in [0, 0.05) is 6.42 Å². The van der Waals surface area contributed by atoms with Gasteiger partial charge < -0.3 is 5.32 Å². The molecule has 8 heavy (non-hydrogen) atoms. The van der Waals surface area contributed by atoms with Gasteiger partial charge in [0.1, 0.15) is 0 Å². The highest BCUT2D eigenvalue weighted by atomic mass is 35.5. The molecule has 1 atom stereocenters. The van der Waals surface area contributed by atoms with E-state index in [0.717, 1.165) is 0 Å². The molecule has 1 rings (SSSR count). The van der Waals surface area contributed by atoms with Crippen molar-refractivity contribution in [3.8, 4) is 0 Å². The molecular weight excluding hydrogens is 136 g/mol. The highest BCUT2D eigenvalue weighted by molar-refractivity contribution is 5.85. The molecule has 4 heteroatoms. The Labute approximate surface area is 52.9 Å². The summed E-state index contributed by atoms with van der Waals surface area (Å²) in [6.45, 7) is 0. The first-order chi connectivity index (χ1) is 3.17. The van der Waals surface area contributed by atoms with Gasteiger partial charge in [-0.3, -0.25) is 0 Å². The summed E-state index contributed by atoms with van der Waals surface area (Å²) < 4.78 is 23.5. The number of hydrogen-bond donors (Lipinski definition) is 1. The summed E-state index contributed by atoms with van der Waals surface area (Å²) in [4.78, 5) is 0. The molecule has 1 aliphatic carbocycles. The lowest BCUT2D eigenvalue weighted by atomic mass is 10.7. The zero-order chi connectivity index (χ0) is 5.49. The van der Waals surface area contributed by atoms with Crippen LogP contribution < -0.4 is 5.32 Å². The van der Waals surface area contributed by atoms with Crippen LogP contribution in [0, 0.1) is 0 Å². The second kappa shape index (κ2) is 2.15. The first-order valence-corrected chi connectivity index (χ1v) is 2.22. The largest absolute Gasteiger partial charge is 0.312 e. The molecule has 0 amide bonds. The lowest BCUT2D eigenvalue weighted by Gasteiger charge is -1.90. The van der Waals surface area contributed by atoms with E-state index < -0.39 is 12.0 Å². The van der Waals surface area contributed by atoms with Crippen LogP contribution in [0.2, 0.25) is 0 Å². The van der Waals surface area contributed by atoms with Gasteiger partial charge in [-0.2, -0.15) is 0 Å². The Kier molecular flexibility index (Phi) is 2.18. The maximum Gasteiger partial charge on any atom is 0.265 e. The summed E-state index contributed by atoms with van der Waals surface area (Å²) in [5.74, 6) is -2.39. The van der Waals surface area contributed by atoms with E-state index in [4.69, 9.17) is 0 Å². The number of alkyl halides is 2. The molecule has 0 aromatic heterocycles. The first-order valence-electron chi connectivity index (χ1n) is 2.22. The smallest absolute Gasteiger partial charge is 0.265 e. The van der Waals surface area contributed by atoms with Gasteiger partial charge >= 0.3 is 0 Å². The van der Waals surface area contributed by atoms with E-state index in [1.807, 2.05) is 0 Å². The number of nitrogens with one attached hydrogen (secondary N) is 1. The van der Waals surface area contributed by atoms with E-state index in [2.05, 4.69) is 5.32 Å². The normalized spacial score (nSPS) is 31.1. The third kappa shape index (κ3) is 1.29. The quantitative estimate of drug-likeness (QED) is 0.578. The predicted octanol–water partition coefficient (Wildman–Crippen LogP) is 1.04. The van der Waals surface area contributed by atoms with Crippen LogP contribution in [0.5, 0.6) is 0 Å². The molecule has 0 saturated heterocycles. The van der Waals surface area contributed by atoms with Crippen LogP contribution >= 0.6 is 12.4 Å². The molecule has 0 radical (unpaired) electrons. The predicted molar refractivity (Wildman–Crippen MR) is 29.7 cm³/mol. The Morgan fingerprint density at radius 2 is 2.00 bits per heavy atom. The minimum Gasteiger partial charge on any atom is -0.312 e. The summed E-state index contributed by atoms with van der Waals surface area (Å²) in [6.07, 6.45) is 0.0174. The molecular formula is C4H8ClF2N. The van der Waals surface area contributed by atoms with Crippen molar-refractivity contribution < 1.29 is 8.78 Å². The lowest BCUT2D eigenvalue weighted by molar-refractivity contribution is 0.108. The van der Waals surface area contributed by atoms with Crippen molar-refractivity contribution in [2.45, 2.75) is 18.4 Å². The molecule has 0 bridgehead atoms. The van der Waals surface area contributed by atoms with Gasteiger partial charge in [-0.25, -0.2) is 8.78 Å². The van der Waals surface area contributed by atoms with Gasteiger partial charge in [0.25, 0.3) is 5.92 Å². The maximum absolute atomic E-state index is 11.7.